The molecule has 2 N–H and O–H groups in total. The Hall–Kier alpha value is -3.07. The molecule has 0 fully saturated rings. The third-order valence-corrected chi connectivity index (χ3v) is 5.34. The lowest BCUT2D eigenvalue weighted by Gasteiger charge is -2.11. The lowest BCUT2D eigenvalue weighted by molar-refractivity contribution is -0.0436. The number of hydrogen-bond donors (Lipinski definition) is 2. The number of anilines is 1. The molecule has 0 saturated heterocycles. The highest BCUT2D eigenvalue weighted by Crippen LogP contribution is 2.32. The SMILES string of the molecule is O=C(Nc1cccc(S(=O)(=O)C(F)(F)F)c1)c1ccc2ccccc2c1O. The zero-order chi connectivity index (χ0) is 19.8. The normalized spacial score (nSPS) is 12.1. The van der Waals surface area contributed by atoms with Crippen LogP contribution < -0.4 is 5.32 Å². The number of phenols is 1. The quantitative estimate of drug-likeness (QED) is 0.700. The van der Waals surface area contributed by atoms with Crippen LogP contribution in [-0.2, 0) is 9.84 Å². The molecule has 140 valence electrons. The van der Waals surface area contributed by atoms with Gasteiger partial charge in [0.25, 0.3) is 15.7 Å². The summed E-state index contributed by atoms with van der Waals surface area (Å²) < 4.78 is 61.0. The van der Waals surface area contributed by atoms with Gasteiger partial charge in [-0.05, 0) is 29.7 Å². The van der Waals surface area contributed by atoms with Crippen molar-refractivity contribution in [2.45, 2.75) is 10.4 Å². The molecular weight excluding hydrogens is 383 g/mol. The number of amides is 1. The van der Waals surface area contributed by atoms with Gasteiger partial charge in [0.1, 0.15) is 5.75 Å². The van der Waals surface area contributed by atoms with Gasteiger partial charge < -0.3 is 10.4 Å². The fraction of sp³-hybridized carbons (Fsp3) is 0.0556. The van der Waals surface area contributed by atoms with E-state index in [-0.39, 0.29) is 17.0 Å². The number of nitrogens with one attached hydrogen (secondary N) is 1. The van der Waals surface area contributed by atoms with Crippen LogP contribution in [0.3, 0.4) is 0 Å². The highest BCUT2D eigenvalue weighted by Gasteiger charge is 2.46. The maximum absolute atomic E-state index is 12.7. The molecule has 1 amide bonds. The van der Waals surface area contributed by atoms with E-state index in [0.717, 1.165) is 12.1 Å². The second-order valence-electron chi connectivity index (χ2n) is 5.61. The van der Waals surface area contributed by atoms with Gasteiger partial charge in [-0.25, -0.2) is 8.42 Å². The smallest absolute Gasteiger partial charge is 0.501 e. The molecule has 0 unspecified atom stereocenters. The second-order valence-corrected chi connectivity index (χ2v) is 7.56. The topological polar surface area (TPSA) is 83.5 Å². The van der Waals surface area contributed by atoms with Crippen molar-refractivity contribution in [3.05, 3.63) is 66.2 Å². The average Bonchev–Trinajstić information content (AvgIpc) is 2.61. The number of benzene rings is 3. The zero-order valence-electron chi connectivity index (χ0n) is 13.5. The Morgan fingerprint density at radius 1 is 0.963 bits per heavy atom. The molecule has 27 heavy (non-hydrogen) atoms. The third-order valence-electron chi connectivity index (χ3n) is 3.85. The summed E-state index contributed by atoms with van der Waals surface area (Å²) in [5, 5.41) is 13.7. The van der Waals surface area contributed by atoms with Gasteiger partial charge in [0.2, 0.25) is 0 Å². The van der Waals surface area contributed by atoms with Crippen LogP contribution in [0.4, 0.5) is 18.9 Å². The Kier molecular flexibility index (Phi) is 4.56. The van der Waals surface area contributed by atoms with Crippen molar-refractivity contribution in [3.63, 3.8) is 0 Å². The standard InChI is InChI=1S/C18H12F3NO4S/c19-18(20,21)27(25,26)13-6-3-5-12(10-13)22-17(24)15-9-8-11-4-1-2-7-14(11)16(15)23/h1-10,23H,(H,22,24). The molecule has 0 radical (unpaired) electrons. The first-order valence-electron chi connectivity index (χ1n) is 7.55. The van der Waals surface area contributed by atoms with Crippen LogP contribution in [0.25, 0.3) is 10.8 Å². The van der Waals surface area contributed by atoms with Crippen molar-refractivity contribution in [2.75, 3.05) is 5.32 Å². The first-order chi connectivity index (χ1) is 12.6. The highest BCUT2D eigenvalue weighted by molar-refractivity contribution is 7.92. The number of sulfone groups is 1. The summed E-state index contributed by atoms with van der Waals surface area (Å²) in [7, 11) is -5.54. The summed E-state index contributed by atoms with van der Waals surface area (Å²) >= 11 is 0. The third kappa shape index (κ3) is 3.45. The number of fused-ring (bicyclic) bond motifs is 1. The Balaban J connectivity index is 1.94. The summed E-state index contributed by atoms with van der Waals surface area (Å²) in [4.78, 5) is 11.4. The molecule has 0 aliphatic heterocycles. The molecule has 9 heteroatoms. The number of halogens is 3. The fourth-order valence-electron chi connectivity index (χ4n) is 2.51. The number of aromatic hydroxyl groups is 1. The minimum Gasteiger partial charge on any atom is -0.506 e. The van der Waals surface area contributed by atoms with E-state index in [9.17, 15) is 31.5 Å². The highest BCUT2D eigenvalue weighted by atomic mass is 32.2. The molecule has 3 aromatic carbocycles. The fourth-order valence-corrected chi connectivity index (χ4v) is 3.32. The number of rotatable bonds is 3. The first kappa shape index (κ1) is 18.7. The van der Waals surface area contributed by atoms with Crippen LogP contribution in [-0.4, -0.2) is 24.9 Å². The van der Waals surface area contributed by atoms with Crippen LogP contribution in [0, 0.1) is 0 Å². The van der Waals surface area contributed by atoms with Crippen LogP contribution in [0.1, 0.15) is 10.4 Å². The van der Waals surface area contributed by atoms with Crippen LogP contribution >= 0.6 is 0 Å². The molecule has 0 aromatic heterocycles. The van der Waals surface area contributed by atoms with Gasteiger partial charge >= 0.3 is 5.51 Å². The van der Waals surface area contributed by atoms with E-state index in [2.05, 4.69) is 5.32 Å². The molecular formula is C18H12F3NO4S. The maximum Gasteiger partial charge on any atom is 0.501 e. The van der Waals surface area contributed by atoms with Gasteiger partial charge in [-0.1, -0.05) is 36.4 Å². The monoisotopic (exact) mass is 395 g/mol. The molecule has 0 aliphatic rings. The first-order valence-corrected chi connectivity index (χ1v) is 9.03. The lowest BCUT2D eigenvalue weighted by Crippen LogP contribution is -2.23. The summed E-state index contributed by atoms with van der Waals surface area (Å²) in [6, 6.07) is 13.6. The predicted molar refractivity (Wildman–Crippen MR) is 93.2 cm³/mol. The van der Waals surface area contributed by atoms with Crippen molar-refractivity contribution in [1.29, 1.82) is 0 Å². The van der Waals surface area contributed by atoms with Crippen molar-refractivity contribution >= 4 is 32.2 Å². The molecule has 0 saturated carbocycles. The molecule has 0 spiro atoms. The van der Waals surface area contributed by atoms with Gasteiger partial charge in [-0.2, -0.15) is 13.2 Å². The maximum atomic E-state index is 12.7. The molecule has 0 atom stereocenters. The van der Waals surface area contributed by atoms with E-state index in [1.165, 1.54) is 12.1 Å². The number of phenolic OH excluding ortho intramolecular Hbond substituents is 1. The number of carbonyl (C=O) groups excluding carboxylic acids is 1. The lowest BCUT2D eigenvalue weighted by atomic mass is 10.0. The van der Waals surface area contributed by atoms with E-state index >= 15 is 0 Å². The molecule has 3 aromatic rings. The van der Waals surface area contributed by atoms with Gasteiger partial charge in [-0.3, -0.25) is 4.79 Å². The summed E-state index contributed by atoms with van der Waals surface area (Å²) in [5.41, 5.74) is -5.71. The molecule has 0 bridgehead atoms. The van der Waals surface area contributed by atoms with E-state index in [0.29, 0.717) is 16.8 Å². The van der Waals surface area contributed by atoms with Crippen molar-refractivity contribution < 1.29 is 31.5 Å². The Morgan fingerprint density at radius 3 is 2.37 bits per heavy atom. The van der Waals surface area contributed by atoms with E-state index in [1.807, 2.05) is 0 Å². The average molecular weight is 395 g/mol. The minimum absolute atomic E-state index is 0.0993. The van der Waals surface area contributed by atoms with E-state index in [1.54, 1.807) is 30.3 Å². The molecule has 0 heterocycles. The Bertz CT molecular complexity index is 1140. The van der Waals surface area contributed by atoms with E-state index < -0.39 is 26.1 Å². The van der Waals surface area contributed by atoms with Gasteiger partial charge in [0.15, 0.2) is 0 Å². The summed E-state index contributed by atoms with van der Waals surface area (Å²) in [6.07, 6.45) is 0. The Morgan fingerprint density at radius 2 is 1.67 bits per heavy atom. The number of alkyl halides is 3. The minimum atomic E-state index is -5.54. The molecule has 3 rings (SSSR count). The largest absolute Gasteiger partial charge is 0.506 e. The number of carbonyl (C=O) groups is 1. The summed E-state index contributed by atoms with van der Waals surface area (Å²) in [6.45, 7) is 0. The predicted octanol–water partition coefficient (Wildman–Crippen LogP) is 4.09. The van der Waals surface area contributed by atoms with Gasteiger partial charge in [0.05, 0.1) is 10.5 Å². The number of hydrogen-bond acceptors (Lipinski definition) is 4. The van der Waals surface area contributed by atoms with Gasteiger partial charge in [0, 0.05) is 11.1 Å². The zero-order valence-corrected chi connectivity index (χ0v) is 14.3. The summed E-state index contributed by atoms with van der Waals surface area (Å²) in [5.74, 6) is -1.08. The second kappa shape index (κ2) is 6.58. The molecule has 5 nitrogen and oxygen atoms in total. The van der Waals surface area contributed by atoms with Gasteiger partial charge in [-0.15, -0.1) is 0 Å². The van der Waals surface area contributed by atoms with Crippen molar-refractivity contribution in [2.24, 2.45) is 0 Å². The van der Waals surface area contributed by atoms with Crippen LogP contribution in [0.5, 0.6) is 5.75 Å². The van der Waals surface area contributed by atoms with E-state index in [4.69, 9.17) is 0 Å². The van der Waals surface area contributed by atoms with Crippen LogP contribution in [0.2, 0.25) is 0 Å². The molecule has 0 aliphatic carbocycles. The van der Waals surface area contributed by atoms with Crippen LogP contribution in [0.15, 0.2) is 65.6 Å². The van der Waals surface area contributed by atoms with Crippen molar-refractivity contribution in [1.82, 2.24) is 0 Å². The van der Waals surface area contributed by atoms with Crippen molar-refractivity contribution in [3.8, 4) is 5.75 Å². The Labute approximate surface area is 152 Å².